The van der Waals surface area contributed by atoms with Crippen molar-refractivity contribution in [3.63, 3.8) is 0 Å². The summed E-state index contributed by atoms with van der Waals surface area (Å²) in [6.45, 7) is 12.0. The van der Waals surface area contributed by atoms with Gasteiger partial charge >= 0.3 is 6.09 Å². The van der Waals surface area contributed by atoms with E-state index in [4.69, 9.17) is 4.74 Å². The molecule has 0 bridgehead atoms. The van der Waals surface area contributed by atoms with Gasteiger partial charge in [0.1, 0.15) is 5.60 Å². The molecular formula is C21H31NO2. The molecule has 24 heavy (non-hydrogen) atoms. The van der Waals surface area contributed by atoms with E-state index in [1.807, 2.05) is 25.7 Å². The van der Waals surface area contributed by atoms with Crippen molar-refractivity contribution in [3.05, 3.63) is 36.5 Å². The number of likely N-dealkylation sites (tertiary alicyclic amines) is 1. The van der Waals surface area contributed by atoms with Crippen molar-refractivity contribution in [1.29, 1.82) is 0 Å². The number of rotatable bonds is 0. The minimum absolute atomic E-state index is 0.116. The first-order valence-corrected chi connectivity index (χ1v) is 9.21. The van der Waals surface area contributed by atoms with Crippen LogP contribution in [0.5, 0.6) is 0 Å². The number of allylic oxidation sites excluding steroid dienone is 6. The van der Waals surface area contributed by atoms with Crippen molar-refractivity contribution in [3.8, 4) is 0 Å². The smallest absolute Gasteiger partial charge is 0.410 e. The molecule has 3 nitrogen and oxygen atoms in total. The average molecular weight is 329 g/mol. The van der Waals surface area contributed by atoms with Gasteiger partial charge in [-0.2, -0.15) is 0 Å². The predicted molar refractivity (Wildman–Crippen MR) is 97.7 cm³/mol. The molecule has 1 heterocycles. The summed E-state index contributed by atoms with van der Waals surface area (Å²) in [6.07, 6.45) is 15.8. The molecule has 0 saturated carbocycles. The first kappa shape index (κ1) is 17.3. The van der Waals surface area contributed by atoms with E-state index in [-0.39, 0.29) is 16.9 Å². The van der Waals surface area contributed by atoms with Crippen LogP contribution in [0.4, 0.5) is 4.79 Å². The Morgan fingerprint density at radius 2 is 1.96 bits per heavy atom. The van der Waals surface area contributed by atoms with E-state index in [1.165, 1.54) is 0 Å². The molecule has 1 amide bonds. The molecule has 0 N–H and O–H groups in total. The predicted octanol–water partition coefficient (Wildman–Crippen LogP) is 4.96. The van der Waals surface area contributed by atoms with Crippen LogP contribution < -0.4 is 0 Å². The van der Waals surface area contributed by atoms with Crippen LogP contribution in [0.25, 0.3) is 0 Å². The summed E-state index contributed by atoms with van der Waals surface area (Å²) in [5, 5.41) is 0. The number of amides is 1. The molecule has 4 atom stereocenters. The van der Waals surface area contributed by atoms with Crippen LogP contribution in [0, 0.1) is 22.7 Å². The minimum Gasteiger partial charge on any atom is -0.444 e. The van der Waals surface area contributed by atoms with Crippen molar-refractivity contribution in [2.45, 2.75) is 53.1 Å². The van der Waals surface area contributed by atoms with Crippen LogP contribution in [0.3, 0.4) is 0 Å². The Morgan fingerprint density at radius 1 is 1.21 bits per heavy atom. The maximum atomic E-state index is 12.5. The second-order valence-corrected chi connectivity index (χ2v) is 8.88. The summed E-state index contributed by atoms with van der Waals surface area (Å²) in [6, 6.07) is 0. The summed E-state index contributed by atoms with van der Waals surface area (Å²) >= 11 is 0. The third-order valence-electron chi connectivity index (χ3n) is 6.21. The number of nitrogens with zero attached hydrogens (tertiary/aromatic N) is 1. The number of carbonyl (C=O) groups is 1. The van der Waals surface area contributed by atoms with Crippen LogP contribution in [0.15, 0.2) is 36.5 Å². The largest absolute Gasteiger partial charge is 0.444 e. The molecule has 0 radical (unpaired) electrons. The third-order valence-corrected chi connectivity index (χ3v) is 6.21. The van der Waals surface area contributed by atoms with Crippen molar-refractivity contribution >= 4 is 6.09 Å². The molecule has 1 spiro atoms. The standard InChI is InChI=1S/C21H31NO2/c1-16-15-22(18(23)24-19(2,3)4)14-8-12-21(16)13-10-17-9-6-7-11-20(17,21)5/h6-7,9-11,13,16-17H,8,12,14-15H2,1-5H3. The molecule has 1 fully saturated rings. The Kier molecular flexibility index (Phi) is 4.17. The first-order valence-electron chi connectivity index (χ1n) is 9.21. The van der Waals surface area contributed by atoms with Crippen molar-refractivity contribution in [1.82, 2.24) is 4.90 Å². The van der Waals surface area contributed by atoms with Gasteiger partial charge in [-0.3, -0.25) is 0 Å². The fraction of sp³-hybridized carbons (Fsp3) is 0.667. The summed E-state index contributed by atoms with van der Waals surface area (Å²) in [5.74, 6) is 0.868. The Balaban J connectivity index is 1.82. The normalized spacial score (nSPS) is 38.3. The Hall–Kier alpha value is -1.51. The lowest BCUT2D eigenvalue weighted by Gasteiger charge is -2.48. The van der Waals surface area contributed by atoms with Gasteiger partial charge in [0.2, 0.25) is 0 Å². The summed E-state index contributed by atoms with van der Waals surface area (Å²) in [4.78, 5) is 14.5. The van der Waals surface area contributed by atoms with Crippen LogP contribution >= 0.6 is 0 Å². The van der Waals surface area contributed by atoms with Gasteiger partial charge in [-0.25, -0.2) is 4.79 Å². The van der Waals surface area contributed by atoms with Gasteiger partial charge < -0.3 is 9.64 Å². The van der Waals surface area contributed by atoms with Gasteiger partial charge in [0.15, 0.2) is 0 Å². The van der Waals surface area contributed by atoms with Gasteiger partial charge in [-0.05, 0) is 39.5 Å². The Morgan fingerprint density at radius 3 is 2.67 bits per heavy atom. The molecule has 4 unspecified atom stereocenters. The van der Waals surface area contributed by atoms with E-state index in [1.54, 1.807) is 0 Å². The van der Waals surface area contributed by atoms with Gasteiger partial charge in [0.05, 0.1) is 0 Å². The first-order chi connectivity index (χ1) is 11.2. The van der Waals surface area contributed by atoms with E-state index in [2.05, 4.69) is 50.3 Å². The van der Waals surface area contributed by atoms with Crippen molar-refractivity contribution in [2.24, 2.45) is 22.7 Å². The fourth-order valence-electron chi connectivity index (χ4n) is 4.87. The van der Waals surface area contributed by atoms with E-state index in [0.29, 0.717) is 11.8 Å². The van der Waals surface area contributed by atoms with Gasteiger partial charge in [0, 0.05) is 29.8 Å². The topological polar surface area (TPSA) is 29.5 Å². The van der Waals surface area contributed by atoms with E-state index >= 15 is 0 Å². The number of hydrogen-bond acceptors (Lipinski definition) is 2. The van der Waals surface area contributed by atoms with Gasteiger partial charge in [0.25, 0.3) is 0 Å². The molecule has 3 heteroatoms. The molecule has 0 aromatic heterocycles. The van der Waals surface area contributed by atoms with Gasteiger partial charge in [-0.15, -0.1) is 0 Å². The number of ether oxygens (including phenoxy) is 1. The molecule has 0 aromatic carbocycles. The monoisotopic (exact) mass is 329 g/mol. The Bertz CT molecular complexity index is 597. The number of hydrogen-bond donors (Lipinski definition) is 0. The highest BCUT2D eigenvalue weighted by molar-refractivity contribution is 5.68. The lowest BCUT2D eigenvalue weighted by atomic mass is 9.55. The second kappa shape index (κ2) is 5.79. The van der Waals surface area contributed by atoms with Crippen LogP contribution in [0.2, 0.25) is 0 Å². The zero-order chi connectivity index (χ0) is 17.6. The molecule has 3 rings (SSSR count). The fourth-order valence-corrected chi connectivity index (χ4v) is 4.87. The quantitative estimate of drug-likeness (QED) is 0.588. The zero-order valence-electron chi connectivity index (χ0n) is 15.7. The lowest BCUT2D eigenvalue weighted by molar-refractivity contribution is 0.0180. The van der Waals surface area contributed by atoms with Crippen LogP contribution in [-0.2, 0) is 4.74 Å². The van der Waals surface area contributed by atoms with Crippen molar-refractivity contribution in [2.75, 3.05) is 13.1 Å². The van der Waals surface area contributed by atoms with Gasteiger partial charge in [-0.1, -0.05) is 50.3 Å². The average Bonchev–Trinajstić information content (AvgIpc) is 2.66. The third kappa shape index (κ3) is 2.72. The summed E-state index contributed by atoms with van der Waals surface area (Å²) < 4.78 is 5.61. The zero-order valence-corrected chi connectivity index (χ0v) is 15.7. The molecule has 0 aromatic rings. The maximum Gasteiger partial charge on any atom is 0.410 e. The molecule has 2 aliphatic carbocycles. The molecule has 132 valence electrons. The van der Waals surface area contributed by atoms with E-state index in [9.17, 15) is 4.79 Å². The van der Waals surface area contributed by atoms with Crippen LogP contribution in [-0.4, -0.2) is 29.7 Å². The van der Waals surface area contributed by atoms with E-state index < -0.39 is 5.60 Å². The van der Waals surface area contributed by atoms with E-state index in [0.717, 1.165) is 25.9 Å². The molecular weight excluding hydrogens is 298 g/mol. The Labute approximate surface area is 146 Å². The number of carbonyl (C=O) groups excluding carboxylic acids is 1. The minimum atomic E-state index is -0.439. The summed E-state index contributed by atoms with van der Waals surface area (Å²) in [7, 11) is 0. The lowest BCUT2D eigenvalue weighted by Crippen LogP contribution is -2.46. The molecule has 1 saturated heterocycles. The molecule has 3 aliphatic rings. The highest BCUT2D eigenvalue weighted by Crippen LogP contribution is 2.61. The number of fused-ring (bicyclic) bond motifs is 2. The summed E-state index contributed by atoms with van der Waals surface area (Å²) in [5.41, 5.74) is -0.202. The highest BCUT2D eigenvalue weighted by Gasteiger charge is 2.55. The van der Waals surface area contributed by atoms with Crippen molar-refractivity contribution < 1.29 is 9.53 Å². The highest BCUT2D eigenvalue weighted by atomic mass is 16.6. The second-order valence-electron chi connectivity index (χ2n) is 8.88. The van der Waals surface area contributed by atoms with Crippen LogP contribution in [0.1, 0.15) is 47.5 Å². The maximum absolute atomic E-state index is 12.5. The SMILES string of the molecule is CC1CN(C(=O)OC(C)(C)C)CCCC12C=CC1C=CC=CC12C. The molecule has 1 aliphatic heterocycles.